The van der Waals surface area contributed by atoms with Crippen LogP contribution in [0, 0.1) is 5.82 Å². The molecule has 22 heavy (non-hydrogen) atoms. The molecule has 0 bridgehead atoms. The van der Waals surface area contributed by atoms with E-state index in [4.69, 9.17) is 9.15 Å². The second kappa shape index (κ2) is 6.93. The van der Waals surface area contributed by atoms with Crippen molar-refractivity contribution in [2.75, 3.05) is 6.61 Å². The van der Waals surface area contributed by atoms with Crippen LogP contribution in [0.2, 0.25) is 0 Å². The van der Waals surface area contributed by atoms with Crippen LogP contribution in [0.4, 0.5) is 4.39 Å². The summed E-state index contributed by atoms with van der Waals surface area (Å²) in [6.45, 7) is 3.74. The third kappa shape index (κ3) is 4.08. The number of ether oxygens (including phenoxy) is 1. The molecule has 0 saturated carbocycles. The number of nitrogens with one attached hydrogen (secondary N) is 1. The van der Waals surface area contributed by atoms with Crippen molar-refractivity contribution in [1.82, 2.24) is 4.72 Å². The highest BCUT2D eigenvalue weighted by Crippen LogP contribution is 2.21. The number of rotatable bonds is 7. The Kier molecular flexibility index (Phi) is 5.20. The number of furan rings is 1. The average molecular weight is 327 g/mol. The molecule has 1 heterocycles. The Morgan fingerprint density at radius 1 is 1.36 bits per heavy atom. The van der Waals surface area contributed by atoms with Crippen LogP contribution < -0.4 is 9.46 Å². The van der Waals surface area contributed by atoms with Crippen molar-refractivity contribution in [3.8, 4) is 5.75 Å². The van der Waals surface area contributed by atoms with E-state index in [2.05, 4.69) is 4.72 Å². The van der Waals surface area contributed by atoms with Gasteiger partial charge >= 0.3 is 0 Å². The second-order valence-electron chi connectivity index (χ2n) is 4.83. The van der Waals surface area contributed by atoms with Crippen LogP contribution in [0.15, 0.2) is 45.9 Å². The molecule has 1 aromatic carbocycles. The van der Waals surface area contributed by atoms with E-state index in [1.807, 2.05) is 0 Å². The van der Waals surface area contributed by atoms with Crippen molar-refractivity contribution in [2.24, 2.45) is 0 Å². The van der Waals surface area contributed by atoms with Gasteiger partial charge in [0.2, 0.25) is 10.0 Å². The first-order chi connectivity index (χ1) is 10.4. The minimum Gasteiger partial charge on any atom is -0.491 e. The summed E-state index contributed by atoms with van der Waals surface area (Å²) in [6.07, 6.45) is 1.93. The van der Waals surface area contributed by atoms with Crippen LogP contribution in [0.5, 0.6) is 5.75 Å². The molecule has 0 fully saturated rings. The normalized spacial score (nSPS) is 13.0. The van der Waals surface area contributed by atoms with Gasteiger partial charge in [0.15, 0.2) is 11.6 Å². The molecule has 0 aliphatic heterocycles. The number of hydrogen-bond donors (Lipinski definition) is 1. The van der Waals surface area contributed by atoms with E-state index in [0.717, 1.165) is 6.07 Å². The van der Waals surface area contributed by atoms with E-state index in [-0.39, 0.29) is 16.7 Å². The van der Waals surface area contributed by atoms with Gasteiger partial charge in [-0.15, -0.1) is 0 Å². The molecule has 0 radical (unpaired) electrons. The molecular formula is C15H18FNO4S. The van der Waals surface area contributed by atoms with Crippen LogP contribution in [0.3, 0.4) is 0 Å². The van der Waals surface area contributed by atoms with Crippen LogP contribution in [0.1, 0.15) is 19.6 Å². The Labute approximate surface area is 129 Å². The maximum atomic E-state index is 13.8. The SMILES string of the molecule is CCOc1ccc(S(=O)(=O)NC(C)Cc2ccco2)cc1F. The molecule has 7 heteroatoms. The van der Waals surface area contributed by atoms with Crippen molar-refractivity contribution in [3.63, 3.8) is 0 Å². The van der Waals surface area contributed by atoms with Crippen molar-refractivity contribution in [1.29, 1.82) is 0 Å². The Hall–Kier alpha value is -1.86. The highest BCUT2D eigenvalue weighted by Gasteiger charge is 2.20. The van der Waals surface area contributed by atoms with Gasteiger partial charge in [0, 0.05) is 12.5 Å². The predicted octanol–water partition coefficient (Wildman–Crippen LogP) is 2.73. The highest BCUT2D eigenvalue weighted by atomic mass is 32.2. The molecule has 1 aromatic heterocycles. The monoisotopic (exact) mass is 327 g/mol. The molecule has 1 unspecified atom stereocenters. The van der Waals surface area contributed by atoms with Crippen molar-refractivity contribution in [2.45, 2.75) is 31.2 Å². The van der Waals surface area contributed by atoms with E-state index in [1.54, 1.807) is 26.0 Å². The maximum Gasteiger partial charge on any atom is 0.240 e. The lowest BCUT2D eigenvalue weighted by atomic mass is 10.2. The molecular weight excluding hydrogens is 309 g/mol. The molecule has 0 aliphatic carbocycles. The summed E-state index contributed by atoms with van der Waals surface area (Å²) >= 11 is 0. The molecule has 0 amide bonds. The first kappa shape index (κ1) is 16.5. The van der Waals surface area contributed by atoms with E-state index in [0.29, 0.717) is 18.8 Å². The standard InChI is InChI=1S/C15H18FNO4S/c1-3-20-15-7-6-13(10-14(15)16)22(18,19)17-11(2)9-12-5-4-8-21-12/h4-8,10-11,17H,3,9H2,1-2H3. The molecule has 0 saturated heterocycles. The molecule has 0 aliphatic rings. The minimum atomic E-state index is -3.80. The molecule has 0 spiro atoms. The smallest absolute Gasteiger partial charge is 0.240 e. The van der Waals surface area contributed by atoms with Crippen LogP contribution >= 0.6 is 0 Å². The molecule has 2 aromatic rings. The lowest BCUT2D eigenvalue weighted by Gasteiger charge is -2.14. The van der Waals surface area contributed by atoms with Gasteiger partial charge in [0.1, 0.15) is 5.76 Å². The Morgan fingerprint density at radius 3 is 2.73 bits per heavy atom. The highest BCUT2D eigenvalue weighted by molar-refractivity contribution is 7.89. The van der Waals surface area contributed by atoms with Gasteiger partial charge in [-0.2, -0.15) is 0 Å². The van der Waals surface area contributed by atoms with Gasteiger partial charge in [-0.3, -0.25) is 0 Å². The fourth-order valence-corrected chi connectivity index (χ4v) is 3.28. The maximum absolute atomic E-state index is 13.8. The van der Waals surface area contributed by atoms with Crippen LogP contribution in [0.25, 0.3) is 0 Å². The summed E-state index contributed by atoms with van der Waals surface area (Å²) in [4.78, 5) is -0.139. The van der Waals surface area contributed by atoms with Crippen LogP contribution in [-0.4, -0.2) is 21.1 Å². The number of sulfonamides is 1. The van der Waals surface area contributed by atoms with Gasteiger partial charge in [0.05, 0.1) is 17.8 Å². The number of benzene rings is 1. The third-order valence-corrected chi connectivity index (χ3v) is 4.54. The Bertz CT molecular complexity index is 713. The predicted molar refractivity (Wildman–Crippen MR) is 79.8 cm³/mol. The van der Waals surface area contributed by atoms with E-state index < -0.39 is 15.8 Å². The first-order valence-electron chi connectivity index (χ1n) is 6.89. The first-order valence-corrected chi connectivity index (χ1v) is 8.37. The van der Waals surface area contributed by atoms with E-state index in [1.165, 1.54) is 18.4 Å². The van der Waals surface area contributed by atoms with Crippen molar-refractivity contribution < 1.29 is 22.0 Å². The van der Waals surface area contributed by atoms with Crippen LogP contribution in [-0.2, 0) is 16.4 Å². The summed E-state index contributed by atoms with van der Waals surface area (Å²) in [5.41, 5.74) is 0. The number of halogens is 1. The Balaban J connectivity index is 2.11. The fourth-order valence-electron chi connectivity index (χ4n) is 2.03. The zero-order valence-corrected chi connectivity index (χ0v) is 13.2. The topological polar surface area (TPSA) is 68.5 Å². The van der Waals surface area contributed by atoms with E-state index in [9.17, 15) is 12.8 Å². The quantitative estimate of drug-likeness (QED) is 0.849. The molecule has 5 nitrogen and oxygen atoms in total. The second-order valence-corrected chi connectivity index (χ2v) is 6.55. The molecule has 1 N–H and O–H groups in total. The fraction of sp³-hybridized carbons (Fsp3) is 0.333. The van der Waals surface area contributed by atoms with Crippen molar-refractivity contribution in [3.05, 3.63) is 48.2 Å². The van der Waals surface area contributed by atoms with Gasteiger partial charge in [-0.25, -0.2) is 17.5 Å². The lowest BCUT2D eigenvalue weighted by molar-refractivity contribution is 0.321. The summed E-state index contributed by atoms with van der Waals surface area (Å²) in [5.74, 6) is 0.00145. The summed E-state index contributed by atoms with van der Waals surface area (Å²) in [7, 11) is -3.80. The van der Waals surface area contributed by atoms with Gasteiger partial charge in [-0.05, 0) is 44.2 Å². The summed E-state index contributed by atoms with van der Waals surface area (Å²) in [5, 5.41) is 0. The largest absolute Gasteiger partial charge is 0.491 e. The minimum absolute atomic E-state index is 0.0325. The zero-order valence-electron chi connectivity index (χ0n) is 12.4. The zero-order chi connectivity index (χ0) is 16.2. The van der Waals surface area contributed by atoms with Gasteiger partial charge in [0.25, 0.3) is 0 Å². The molecule has 1 atom stereocenters. The summed E-state index contributed by atoms with van der Waals surface area (Å²) in [6, 6.07) is 6.69. The van der Waals surface area contributed by atoms with Gasteiger partial charge in [-0.1, -0.05) is 0 Å². The van der Waals surface area contributed by atoms with Crippen molar-refractivity contribution >= 4 is 10.0 Å². The molecule has 120 valence electrons. The molecule has 2 rings (SSSR count). The lowest BCUT2D eigenvalue weighted by Crippen LogP contribution is -2.34. The average Bonchev–Trinajstić information content (AvgIpc) is 2.93. The van der Waals surface area contributed by atoms with Gasteiger partial charge < -0.3 is 9.15 Å². The third-order valence-electron chi connectivity index (χ3n) is 2.96. The van der Waals surface area contributed by atoms with E-state index >= 15 is 0 Å². The number of hydrogen-bond acceptors (Lipinski definition) is 4. The summed E-state index contributed by atoms with van der Waals surface area (Å²) < 4.78 is 51.0. The Morgan fingerprint density at radius 2 is 2.14 bits per heavy atom.